The van der Waals surface area contributed by atoms with Crippen LogP contribution in [0.25, 0.3) is 0 Å². The molecular weight excluding hydrogens is 320 g/mol. The Morgan fingerprint density at radius 1 is 1.20 bits per heavy atom. The molecule has 0 saturated carbocycles. The van der Waals surface area contributed by atoms with Crippen LogP contribution in [0.3, 0.4) is 0 Å². The van der Waals surface area contributed by atoms with Gasteiger partial charge in [-0.2, -0.15) is 0 Å². The number of hydrogen-bond donors (Lipinski definition) is 1. The van der Waals surface area contributed by atoms with Gasteiger partial charge in [0.05, 0.1) is 0 Å². The van der Waals surface area contributed by atoms with Crippen LogP contribution in [0.4, 0.5) is 5.69 Å². The zero-order valence-electron chi connectivity index (χ0n) is 12.0. The minimum atomic E-state index is -0.0740. The standard InChI is InChI=1S/C15H21BrN2O2/c1-3-4-10-18(12(2)19)11-9-15(20)17-14-7-5-13(16)6-8-14/h5-8H,3-4,9-11H2,1-2H3,(H,17,20). The van der Waals surface area contributed by atoms with Gasteiger partial charge in [-0.3, -0.25) is 9.59 Å². The predicted octanol–water partition coefficient (Wildman–Crippen LogP) is 3.43. The first-order chi connectivity index (χ1) is 9.52. The highest BCUT2D eigenvalue weighted by atomic mass is 79.9. The molecule has 0 radical (unpaired) electrons. The SMILES string of the molecule is CCCCN(CCC(=O)Nc1ccc(Br)cc1)C(C)=O. The summed E-state index contributed by atoms with van der Waals surface area (Å²) in [7, 11) is 0. The number of carbonyl (C=O) groups is 2. The van der Waals surface area contributed by atoms with E-state index in [-0.39, 0.29) is 11.8 Å². The van der Waals surface area contributed by atoms with Gasteiger partial charge in [-0.25, -0.2) is 0 Å². The van der Waals surface area contributed by atoms with E-state index in [2.05, 4.69) is 28.2 Å². The second kappa shape index (κ2) is 8.74. The van der Waals surface area contributed by atoms with Crippen molar-refractivity contribution >= 4 is 33.4 Å². The van der Waals surface area contributed by atoms with Gasteiger partial charge in [0.15, 0.2) is 0 Å². The Hall–Kier alpha value is -1.36. The number of nitrogens with one attached hydrogen (secondary N) is 1. The van der Waals surface area contributed by atoms with Gasteiger partial charge in [0.1, 0.15) is 0 Å². The maximum atomic E-state index is 11.8. The average molecular weight is 341 g/mol. The van der Waals surface area contributed by atoms with Crippen LogP contribution in [-0.4, -0.2) is 29.8 Å². The molecule has 110 valence electrons. The molecule has 0 aliphatic heterocycles. The van der Waals surface area contributed by atoms with E-state index in [9.17, 15) is 9.59 Å². The minimum absolute atomic E-state index is 0.0230. The van der Waals surface area contributed by atoms with Crippen molar-refractivity contribution in [2.24, 2.45) is 0 Å². The summed E-state index contributed by atoms with van der Waals surface area (Å²) in [5.41, 5.74) is 0.765. The fourth-order valence-corrected chi connectivity index (χ4v) is 2.03. The van der Waals surface area contributed by atoms with Crippen molar-refractivity contribution in [3.8, 4) is 0 Å². The summed E-state index contributed by atoms with van der Waals surface area (Å²) in [6, 6.07) is 7.42. The van der Waals surface area contributed by atoms with Crippen LogP contribution >= 0.6 is 15.9 Å². The molecule has 0 unspecified atom stereocenters. The van der Waals surface area contributed by atoms with Crippen molar-refractivity contribution in [2.45, 2.75) is 33.1 Å². The van der Waals surface area contributed by atoms with Gasteiger partial charge >= 0.3 is 0 Å². The molecule has 0 aromatic heterocycles. The topological polar surface area (TPSA) is 49.4 Å². The third-order valence-electron chi connectivity index (χ3n) is 2.96. The second-order valence-electron chi connectivity index (χ2n) is 4.66. The molecule has 0 fully saturated rings. The predicted molar refractivity (Wildman–Crippen MR) is 84.6 cm³/mol. The maximum Gasteiger partial charge on any atom is 0.226 e. The molecule has 1 aromatic carbocycles. The van der Waals surface area contributed by atoms with Gasteiger partial charge in [-0.05, 0) is 30.7 Å². The monoisotopic (exact) mass is 340 g/mol. The summed E-state index contributed by atoms with van der Waals surface area (Å²) in [6.45, 7) is 4.82. The molecule has 0 aliphatic carbocycles. The Morgan fingerprint density at radius 2 is 1.85 bits per heavy atom. The van der Waals surface area contributed by atoms with E-state index in [1.54, 1.807) is 11.8 Å². The number of halogens is 1. The normalized spacial score (nSPS) is 10.2. The van der Waals surface area contributed by atoms with E-state index in [0.29, 0.717) is 13.0 Å². The number of unbranched alkanes of at least 4 members (excludes halogenated alkanes) is 1. The summed E-state index contributed by atoms with van der Waals surface area (Å²) in [4.78, 5) is 25.0. The number of hydrogen-bond acceptors (Lipinski definition) is 2. The molecule has 1 aromatic rings. The zero-order valence-corrected chi connectivity index (χ0v) is 13.6. The largest absolute Gasteiger partial charge is 0.342 e. The van der Waals surface area contributed by atoms with Crippen LogP contribution in [0.5, 0.6) is 0 Å². The Labute approximate surface area is 128 Å². The van der Waals surface area contributed by atoms with Gasteiger partial charge in [0.25, 0.3) is 0 Å². The van der Waals surface area contributed by atoms with Gasteiger partial charge < -0.3 is 10.2 Å². The Balaban J connectivity index is 2.41. The third-order valence-corrected chi connectivity index (χ3v) is 3.49. The molecule has 0 saturated heterocycles. The maximum absolute atomic E-state index is 11.8. The van der Waals surface area contributed by atoms with E-state index >= 15 is 0 Å². The number of rotatable bonds is 7. The van der Waals surface area contributed by atoms with Crippen LogP contribution < -0.4 is 5.32 Å². The van der Waals surface area contributed by atoms with Gasteiger partial charge in [0, 0.05) is 36.6 Å². The van der Waals surface area contributed by atoms with E-state index in [0.717, 1.165) is 29.5 Å². The van der Waals surface area contributed by atoms with Gasteiger partial charge in [-0.15, -0.1) is 0 Å². The summed E-state index contributed by atoms with van der Waals surface area (Å²) in [6.07, 6.45) is 2.32. The highest BCUT2D eigenvalue weighted by Gasteiger charge is 2.10. The molecule has 5 heteroatoms. The molecule has 20 heavy (non-hydrogen) atoms. The molecule has 4 nitrogen and oxygen atoms in total. The van der Waals surface area contributed by atoms with Crippen molar-refractivity contribution < 1.29 is 9.59 Å². The third kappa shape index (κ3) is 6.19. The van der Waals surface area contributed by atoms with Crippen LogP contribution in [0, 0.1) is 0 Å². The van der Waals surface area contributed by atoms with Crippen LogP contribution in [-0.2, 0) is 9.59 Å². The van der Waals surface area contributed by atoms with Gasteiger partial charge in [0.2, 0.25) is 11.8 Å². The molecule has 0 heterocycles. The van der Waals surface area contributed by atoms with E-state index in [1.165, 1.54) is 0 Å². The number of amides is 2. The fourth-order valence-electron chi connectivity index (χ4n) is 1.77. The Bertz CT molecular complexity index is 446. The lowest BCUT2D eigenvalue weighted by Gasteiger charge is -2.20. The van der Waals surface area contributed by atoms with Crippen molar-refractivity contribution in [2.75, 3.05) is 18.4 Å². The van der Waals surface area contributed by atoms with E-state index in [1.807, 2.05) is 24.3 Å². The molecule has 1 N–H and O–H groups in total. The molecule has 0 atom stereocenters. The number of anilines is 1. The smallest absolute Gasteiger partial charge is 0.226 e. The summed E-state index contributed by atoms with van der Waals surface area (Å²) < 4.78 is 0.970. The lowest BCUT2D eigenvalue weighted by molar-refractivity contribution is -0.129. The van der Waals surface area contributed by atoms with Crippen LogP contribution in [0.2, 0.25) is 0 Å². The fraction of sp³-hybridized carbons (Fsp3) is 0.467. The molecular formula is C15H21BrN2O2. The number of carbonyl (C=O) groups excluding carboxylic acids is 2. The molecule has 0 aliphatic rings. The highest BCUT2D eigenvalue weighted by molar-refractivity contribution is 9.10. The van der Waals surface area contributed by atoms with E-state index < -0.39 is 0 Å². The molecule has 0 spiro atoms. The zero-order chi connectivity index (χ0) is 15.0. The lowest BCUT2D eigenvalue weighted by atomic mass is 10.2. The Kier molecular flexibility index (Phi) is 7.30. The first-order valence-electron chi connectivity index (χ1n) is 6.84. The Morgan fingerprint density at radius 3 is 2.40 bits per heavy atom. The van der Waals surface area contributed by atoms with Crippen LogP contribution in [0.15, 0.2) is 28.7 Å². The minimum Gasteiger partial charge on any atom is -0.342 e. The number of nitrogens with zero attached hydrogens (tertiary/aromatic N) is 1. The lowest BCUT2D eigenvalue weighted by Crippen LogP contribution is -2.32. The summed E-state index contributed by atoms with van der Waals surface area (Å²) >= 11 is 3.34. The first kappa shape index (κ1) is 16.7. The van der Waals surface area contributed by atoms with Crippen LogP contribution in [0.1, 0.15) is 33.1 Å². The second-order valence-corrected chi connectivity index (χ2v) is 5.58. The summed E-state index contributed by atoms with van der Waals surface area (Å²) in [5.74, 6) is -0.0510. The van der Waals surface area contributed by atoms with Gasteiger partial charge in [-0.1, -0.05) is 29.3 Å². The highest BCUT2D eigenvalue weighted by Crippen LogP contribution is 2.14. The van der Waals surface area contributed by atoms with Crippen molar-refractivity contribution in [3.63, 3.8) is 0 Å². The average Bonchev–Trinajstić information content (AvgIpc) is 2.41. The van der Waals surface area contributed by atoms with Crippen molar-refractivity contribution in [1.82, 2.24) is 4.90 Å². The summed E-state index contributed by atoms with van der Waals surface area (Å²) in [5, 5.41) is 2.82. The van der Waals surface area contributed by atoms with Crippen molar-refractivity contribution in [3.05, 3.63) is 28.7 Å². The first-order valence-corrected chi connectivity index (χ1v) is 7.63. The molecule has 0 bridgehead atoms. The number of benzene rings is 1. The quantitative estimate of drug-likeness (QED) is 0.826. The van der Waals surface area contributed by atoms with E-state index in [4.69, 9.17) is 0 Å². The van der Waals surface area contributed by atoms with Crippen molar-refractivity contribution in [1.29, 1.82) is 0 Å². The molecule has 2 amide bonds. The molecule has 1 rings (SSSR count).